The molecule has 118 valence electrons. The van der Waals surface area contributed by atoms with Crippen LogP contribution in [0.5, 0.6) is 0 Å². The lowest BCUT2D eigenvalue weighted by molar-refractivity contribution is -0.142. The molecule has 0 saturated heterocycles. The second kappa shape index (κ2) is 11.7. The van der Waals surface area contributed by atoms with Gasteiger partial charge in [-0.05, 0) is 32.9 Å². The van der Waals surface area contributed by atoms with Crippen LogP contribution in [-0.4, -0.2) is 42.7 Å². The Kier molecular flexibility index (Phi) is 11.0. The topological polar surface area (TPSA) is 104 Å². The summed E-state index contributed by atoms with van der Waals surface area (Å²) >= 11 is 0. The average Bonchev–Trinajstić information content (AvgIpc) is 2.42. The first-order valence-corrected chi connectivity index (χ1v) is 7.47. The van der Waals surface area contributed by atoms with Gasteiger partial charge in [0.25, 0.3) is 0 Å². The Balaban J connectivity index is 4.26. The van der Waals surface area contributed by atoms with Gasteiger partial charge >= 0.3 is 5.97 Å². The fourth-order valence-corrected chi connectivity index (χ4v) is 2.01. The molecule has 2 atom stereocenters. The standard InChI is InChI=1S/C14H29N3O3/c1-3-4-8-11(16-2)13(18)17-12(14(19)20)9-6-5-7-10-15/h11-12,16H,3-10,15H2,1-2H3,(H,17,18)(H,19,20)/t11-,12-/m0/s1. The van der Waals surface area contributed by atoms with Crippen LogP contribution in [0.4, 0.5) is 0 Å². The van der Waals surface area contributed by atoms with Crippen LogP contribution in [0.3, 0.4) is 0 Å². The van der Waals surface area contributed by atoms with E-state index in [2.05, 4.69) is 17.6 Å². The van der Waals surface area contributed by atoms with E-state index in [1.54, 1.807) is 7.05 Å². The second-order valence-corrected chi connectivity index (χ2v) is 5.02. The van der Waals surface area contributed by atoms with Gasteiger partial charge < -0.3 is 21.5 Å². The summed E-state index contributed by atoms with van der Waals surface area (Å²) in [6.45, 7) is 2.67. The van der Waals surface area contributed by atoms with Gasteiger partial charge in [-0.3, -0.25) is 4.79 Å². The van der Waals surface area contributed by atoms with Crippen LogP contribution in [0.1, 0.15) is 51.9 Å². The highest BCUT2D eigenvalue weighted by molar-refractivity contribution is 5.86. The molecule has 0 radical (unpaired) electrons. The Morgan fingerprint density at radius 3 is 2.25 bits per heavy atom. The highest BCUT2D eigenvalue weighted by Gasteiger charge is 2.23. The number of rotatable bonds is 12. The van der Waals surface area contributed by atoms with Gasteiger partial charge in [-0.1, -0.05) is 32.6 Å². The van der Waals surface area contributed by atoms with E-state index in [4.69, 9.17) is 10.8 Å². The van der Waals surface area contributed by atoms with Gasteiger partial charge in [-0.25, -0.2) is 4.79 Å². The number of hydrogen-bond donors (Lipinski definition) is 4. The Morgan fingerprint density at radius 2 is 1.75 bits per heavy atom. The zero-order valence-electron chi connectivity index (χ0n) is 12.7. The molecule has 5 N–H and O–H groups in total. The van der Waals surface area contributed by atoms with Crippen molar-refractivity contribution in [2.24, 2.45) is 5.73 Å². The minimum absolute atomic E-state index is 0.229. The maximum absolute atomic E-state index is 12.0. The van der Waals surface area contributed by atoms with Crippen molar-refractivity contribution < 1.29 is 14.7 Å². The lowest BCUT2D eigenvalue weighted by atomic mass is 10.1. The normalized spacial score (nSPS) is 13.8. The summed E-state index contributed by atoms with van der Waals surface area (Å²) in [7, 11) is 1.72. The highest BCUT2D eigenvalue weighted by Crippen LogP contribution is 2.06. The van der Waals surface area contributed by atoms with E-state index in [0.717, 1.165) is 38.5 Å². The first-order chi connectivity index (χ1) is 9.56. The number of carboxylic acids is 1. The van der Waals surface area contributed by atoms with Crippen molar-refractivity contribution in [2.75, 3.05) is 13.6 Å². The molecule has 0 spiro atoms. The number of carboxylic acid groups (broad SMARTS) is 1. The Bertz CT molecular complexity index is 285. The van der Waals surface area contributed by atoms with Crippen LogP contribution < -0.4 is 16.4 Å². The highest BCUT2D eigenvalue weighted by atomic mass is 16.4. The van der Waals surface area contributed by atoms with Crippen LogP contribution in [0, 0.1) is 0 Å². The third-order valence-corrected chi connectivity index (χ3v) is 3.32. The summed E-state index contributed by atoms with van der Waals surface area (Å²) in [5.41, 5.74) is 5.40. The van der Waals surface area contributed by atoms with Crippen molar-refractivity contribution in [3.8, 4) is 0 Å². The summed E-state index contributed by atoms with van der Waals surface area (Å²) in [6, 6.07) is -1.13. The fraction of sp³-hybridized carbons (Fsp3) is 0.857. The fourth-order valence-electron chi connectivity index (χ4n) is 2.01. The van der Waals surface area contributed by atoms with Crippen molar-refractivity contribution in [3.05, 3.63) is 0 Å². The molecule has 0 aliphatic carbocycles. The van der Waals surface area contributed by atoms with Crippen LogP contribution in [-0.2, 0) is 9.59 Å². The molecule has 0 rings (SSSR count). The number of carbonyl (C=O) groups is 2. The number of hydrogen-bond acceptors (Lipinski definition) is 4. The number of carbonyl (C=O) groups excluding carboxylic acids is 1. The van der Waals surface area contributed by atoms with Gasteiger partial charge in [-0.2, -0.15) is 0 Å². The average molecular weight is 287 g/mol. The molecule has 0 aromatic rings. The van der Waals surface area contributed by atoms with Crippen molar-refractivity contribution in [1.82, 2.24) is 10.6 Å². The Labute approximate surface area is 121 Å². The maximum Gasteiger partial charge on any atom is 0.326 e. The number of unbranched alkanes of at least 4 members (excludes halogenated alkanes) is 3. The summed E-state index contributed by atoms with van der Waals surface area (Å²) in [5.74, 6) is -1.20. The lowest BCUT2D eigenvalue weighted by Crippen LogP contribution is -2.49. The molecule has 0 bridgehead atoms. The summed E-state index contributed by atoms with van der Waals surface area (Å²) in [5, 5.41) is 14.7. The minimum atomic E-state index is -0.976. The summed E-state index contributed by atoms with van der Waals surface area (Å²) < 4.78 is 0. The van der Waals surface area contributed by atoms with Gasteiger partial charge in [0, 0.05) is 0 Å². The van der Waals surface area contributed by atoms with E-state index in [0.29, 0.717) is 13.0 Å². The van der Waals surface area contributed by atoms with Crippen molar-refractivity contribution in [1.29, 1.82) is 0 Å². The Morgan fingerprint density at radius 1 is 1.10 bits per heavy atom. The van der Waals surface area contributed by atoms with E-state index in [9.17, 15) is 9.59 Å². The van der Waals surface area contributed by atoms with E-state index in [1.807, 2.05) is 0 Å². The molecule has 0 aliphatic heterocycles. The van der Waals surface area contributed by atoms with Crippen molar-refractivity contribution in [2.45, 2.75) is 64.0 Å². The maximum atomic E-state index is 12.0. The molecular formula is C14H29N3O3. The van der Waals surface area contributed by atoms with E-state index >= 15 is 0 Å². The lowest BCUT2D eigenvalue weighted by Gasteiger charge is -2.20. The van der Waals surface area contributed by atoms with Crippen LogP contribution in [0.2, 0.25) is 0 Å². The first kappa shape index (κ1) is 18.9. The number of nitrogens with one attached hydrogen (secondary N) is 2. The Hall–Kier alpha value is -1.14. The molecule has 0 saturated carbocycles. The molecule has 0 aromatic carbocycles. The second-order valence-electron chi connectivity index (χ2n) is 5.02. The zero-order valence-corrected chi connectivity index (χ0v) is 12.7. The van der Waals surface area contributed by atoms with Gasteiger partial charge in [0.05, 0.1) is 6.04 Å². The quantitative estimate of drug-likeness (QED) is 0.398. The molecule has 1 amide bonds. The SMILES string of the molecule is CCCC[C@H](NC)C(=O)N[C@@H](CCCCCN)C(=O)O. The molecule has 6 heteroatoms. The van der Waals surface area contributed by atoms with E-state index in [-0.39, 0.29) is 11.9 Å². The summed E-state index contributed by atoms with van der Waals surface area (Å²) in [6.07, 6.45) is 5.65. The van der Waals surface area contributed by atoms with Crippen LogP contribution >= 0.6 is 0 Å². The predicted molar refractivity (Wildman–Crippen MR) is 79.5 cm³/mol. The number of likely N-dealkylation sites (N-methyl/N-ethyl adjacent to an activating group) is 1. The third kappa shape index (κ3) is 8.12. The molecular weight excluding hydrogens is 258 g/mol. The van der Waals surface area contributed by atoms with Crippen molar-refractivity contribution in [3.63, 3.8) is 0 Å². The predicted octanol–water partition coefficient (Wildman–Crippen LogP) is 0.853. The molecule has 0 aliphatic rings. The van der Waals surface area contributed by atoms with Crippen LogP contribution in [0.25, 0.3) is 0 Å². The number of amides is 1. The van der Waals surface area contributed by atoms with Gasteiger partial charge in [0.1, 0.15) is 6.04 Å². The minimum Gasteiger partial charge on any atom is -0.480 e. The van der Waals surface area contributed by atoms with Gasteiger partial charge in [0.2, 0.25) is 5.91 Å². The van der Waals surface area contributed by atoms with E-state index < -0.39 is 12.0 Å². The first-order valence-electron chi connectivity index (χ1n) is 7.47. The smallest absolute Gasteiger partial charge is 0.326 e. The third-order valence-electron chi connectivity index (χ3n) is 3.32. The monoisotopic (exact) mass is 287 g/mol. The molecule has 0 aromatic heterocycles. The molecule has 20 heavy (non-hydrogen) atoms. The van der Waals surface area contributed by atoms with E-state index in [1.165, 1.54) is 0 Å². The summed E-state index contributed by atoms with van der Waals surface area (Å²) in [4.78, 5) is 23.2. The molecule has 6 nitrogen and oxygen atoms in total. The van der Waals surface area contributed by atoms with Gasteiger partial charge in [-0.15, -0.1) is 0 Å². The van der Waals surface area contributed by atoms with Crippen molar-refractivity contribution >= 4 is 11.9 Å². The molecule has 0 unspecified atom stereocenters. The molecule has 0 fully saturated rings. The molecule has 0 heterocycles. The van der Waals surface area contributed by atoms with Crippen LogP contribution in [0.15, 0.2) is 0 Å². The number of nitrogens with two attached hydrogens (primary N) is 1. The van der Waals surface area contributed by atoms with Gasteiger partial charge in [0.15, 0.2) is 0 Å². The zero-order chi connectivity index (χ0) is 15.4. The number of aliphatic carboxylic acids is 1. The largest absolute Gasteiger partial charge is 0.480 e.